The molecule has 3 aromatic rings. The predicted octanol–water partition coefficient (Wildman–Crippen LogP) is 4.02. The van der Waals surface area contributed by atoms with Crippen molar-refractivity contribution in [3.8, 4) is 5.69 Å². The summed E-state index contributed by atoms with van der Waals surface area (Å²) in [6, 6.07) is 18.8. The summed E-state index contributed by atoms with van der Waals surface area (Å²) in [5.74, 6) is 0.965. The fraction of sp³-hybridized carbons (Fsp3) is 0.176. The molecule has 21 heavy (non-hydrogen) atoms. The van der Waals surface area contributed by atoms with E-state index in [0.29, 0.717) is 4.77 Å². The van der Waals surface area contributed by atoms with E-state index in [0.717, 1.165) is 24.4 Å². The van der Waals surface area contributed by atoms with E-state index in [1.165, 1.54) is 11.1 Å². The standard InChI is InChI=1S/C17H17N3S/c1-13-7-10-15(11-8-13)20-16(18-19-17(20)21)12-9-14-5-3-2-4-6-14/h2-8,10-11H,9,12H2,1H3,(H,19,21). The second-order valence-corrected chi connectivity index (χ2v) is 5.49. The number of nitrogens with zero attached hydrogens (tertiary/aromatic N) is 2. The molecule has 0 aliphatic heterocycles. The van der Waals surface area contributed by atoms with Crippen molar-refractivity contribution in [1.82, 2.24) is 14.8 Å². The van der Waals surface area contributed by atoms with E-state index >= 15 is 0 Å². The van der Waals surface area contributed by atoms with Crippen molar-refractivity contribution in [2.24, 2.45) is 0 Å². The molecule has 0 spiro atoms. The minimum Gasteiger partial charge on any atom is -0.272 e. The molecule has 0 amide bonds. The number of benzene rings is 2. The third-order valence-corrected chi connectivity index (χ3v) is 3.79. The number of aromatic nitrogens is 3. The van der Waals surface area contributed by atoms with E-state index in [4.69, 9.17) is 12.2 Å². The van der Waals surface area contributed by atoms with Crippen LogP contribution in [-0.4, -0.2) is 14.8 Å². The van der Waals surface area contributed by atoms with E-state index in [1.807, 2.05) is 10.6 Å². The van der Waals surface area contributed by atoms with Crippen LogP contribution in [0.5, 0.6) is 0 Å². The van der Waals surface area contributed by atoms with Crippen molar-refractivity contribution in [1.29, 1.82) is 0 Å². The molecular weight excluding hydrogens is 278 g/mol. The number of hydrogen-bond donors (Lipinski definition) is 1. The summed E-state index contributed by atoms with van der Waals surface area (Å²) >= 11 is 5.36. The fourth-order valence-corrected chi connectivity index (χ4v) is 2.61. The zero-order valence-electron chi connectivity index (χ0n) is 11.9. The zero-order chi connectivity index (χ0) is 14.7. The summed E-state index contributed by atoms with van der Waals surface area (Å²) in [7, 11) is 0. The van der Waals surface area contributed by atoms with Crippen LogP contribution in [0.3, 0.4) is 0 Å². The summed E-state index contributed by atoms with van der Waals surface area (Å²) in [5, 5.41) is 7.28. The number of rotatable bonds is 4. The zero-order valence-corrected chi connectivity index (χ0v) is 12.7. The molecule has 0 saturated carbocycles. The predicted molar refractivity (Wildman–Crippen MR) is 87.3 cm³/mol. The first-order valence-corrected chi connectivity index (χ1v) is 7.42. The summed E-state index contributed by atoms with van der Waals surface area (Å²) < 4.78 is 2.65. The third kappa shape index (κ3) is 3.11. The number of aromatic amines is 1. The smallest absolute Gasteiger partial charge is 0.199 e. The Labute approximate surface area is 129 Å². The Kier molecular flexibility index (Phi) is 3.97. The van der Waals surface area contributed by atoms with E-state index < -0.39 is 0 Å². The average Bonchev–Trinajstić information content (AvgIpc) is 2.88. The van der Waals surface area contributed by atoms with Crippen LogP contribution in [-0.2, 0) is 12.8 Å². The van der Waals surface area contributed by atoms with Gasteiger partial charge in [0.05, 0.1) is 0 Å². The molecule has 1 aromatic heterocycles. The molecule has 0 fully saturated rings. The second kappa shape index (κ2) is 6.06. The first kappa shape index (κ1) is 13.8. The Morgan fingerprint density at radius 3 is 2.43 bits per heavy atom. The molecule has 0 aliphatic carbocycles. The molecule has 0 bridgehead atoms. The van der Waals surface area contributed by atoms with Crippen LogP contribution < -0.4 is 0 Å². The van der Waals surface area contributed by atoms with Gasteiger partial charge in [0, 0.05) is 12.1 Å². The highest BCUT2D eigenvalue weighted by Gasteiger charge is 2.08. The fourth-order valence-electron chi connectivity index (χ4n) is 2.36. The van der Waals surface area contributed by atoms with Crippen LogP contribution in [0, 0.1) is 11.7 Å². The second-order valence-electron chi connectivity index (χ2n) is 5.10. The summed E-state index contributed by atoms with van der Waals surface area (Å²) in [6.07, 6.45) is 1.80. The Balaban J connectivity index is 1.87. The molecule has 106 valence electrons. The van der Waals surface area contributed by atoms with E-state index in [9.17, 15) is 0 Å². The molecule has 1 heterocycles. The number of H-pyrrole nitrogens is 1. The Hall–Kier alpha value is -2.20. The quantitative estimate of drug-likeness (QED) is 0.737. The van der Waals surface area contributed by atoms with Crippen molar-refractivity contribution >= 4 is 12.2 Å². The lowest BCUT2D eigenvalue weighted by Crippen LogP contribution is -2.03. The van der Waals surface area contributed by atoms with E-state index in [-0.39, 0.29) is 0 Å². The Morgan fingerprint density at radius 1 is 1.00 bits per heavy atom. The van der Waals surface area contributed by atoms with Gasteiger partial charge in [-0.3, -0.25) is 9.67 Å². The largest absolute Gasteiger partial charge is 0.272 e. The van der Waals surface area contributed by atoms with Crippen molar-refractivity contribution in [2.45, 2.75) is 19.8 Å². The van der Waals surface area contributed by atoms with Crippen molar-refractivity contribution in [3.05, 3.63) is 76.3 Å². The van der Waals surface area contributed by atoms with Gasteiger partial charge in [0.25, 0.3) is 0 Å². The molecule has 4 heteroatoms. The van der Waals surface area contributed by atoms with E-state index in [2.05, 4.69) is 65.7 Å². The van der Waals surface area contributed by atoms with Gasteiger partial charge in [0.2, 0.25) is 0 Å². The van der Waals surface area contributed by atoms with Gasteiger partial charge in [-0.25, -0.2) is 0 Å². The van der Waals surface area contributed by atoms with Gasteiger partial charge in [0.1, 0.15) is 5.82 Å². The summed E-state index contributed by atoms with van der Waals surface area (Å²) in [4.78, 5) is 0. The molecule has 3 rings (SSSR count). The van der Waals surface area contributed by atoms with Gasteiger partial charge in [-0.2, -0.15) is 5.10 Å². The lowest BCUT2D eigenvalue weighted by atomic mass is 10.1. The molecule has 0 atom stereocenters. The molecular formula is C17H17N3S. The van der Waals surface area contributed by atoms with Crippen LogP contribution >= 0.6 is 12.2 Å². The molecule has 0 aliphatic rings. The molecule has 1 N–H and O–H groups in total. The highest BCUT2D eigenvalue weighted by atomic mass is 32.1. The van der Waals surface area contributed by atoms with Crippen molar-refractivity contribution < 1.29 is 0 Å². The van der Waals surface area contributed by atoms with Gasteiger partial charge in [-0.1, -0.05) is 48.0 Å². The van der Waals surface area contributed by atoms with Crippen LogP contribution in [0.15, 0.2) is 54.6 Å². The van der Waals surface area contributed by atoms with Crippen LogP contribution in [0.2, 0.25) is 0 Å². The van der Waals surface area contributed by atoms with Gasteiger partial charge in [-0.15, -0.1) is 0 Å². The summed E-state index contributed by atoms with van der Waals surface area (Å²) in [5.41, 5.74) is 3.60. The maximum absolute atomic E-state index is 5.36. The molecule has 2 aromatic carbocycles. The monoisotopic (exact) mass is 295 g/mol. The molecule has 0 unspecified atom stereocenters. The minimum absolute atomic E-state index is 0.641. The van der Waals surface area contributed by atoms with Crippen LogP contribution in [0.25, 0.3) is 5.69 Å². The van der Waals surface area contributed by atoms with Gasteiger partial charge in [0.15, 0.2) is 4.77 Å². The Morgan fingerprint density at radius 2 is 1.71 bits per heavy atom. The highest BCUT2D eigenvalue weighted by Crippen LogP contribution is 2.14. The minimum atomic E-state index is 0.641. The molecule has 0 saturated heterocycles. The highest BCUT2D eigenvalue weighted by molar-refractivity contribution is 7.71. The maximum Gasteiger partial charge on any atom is 0.199 e. The Bertz CT molecular complexity index is 770. The van der Waals surface area contributed by atoms with Crippen LogP contribution in [0.1, 0.15) is 17.0 Å². The lowest BCUT2D eigenvalue weighted by molar-refractivity contribution is 0.820. The summed E-state index contributed by atoms with van der Waals surface area (Å²) in [6.45, 7) is 2.08. The molecule has 0 radical (unpaired) electrons. The molecule has 3 nitrogen and oxygen atoms in total. The first-order valence-electron chi connectivity index (χ1n) is 7.01. The van der Waals surface area contributed by atoms with Crippen molar-refractivity contribution in [3.63, 3.8) is 0 Å². The van der Waals surface area contributed by atoms with Crippen molar-refractivity contribution in [2.75, 3.05) is 0 Å². The third-order valence-electron chi connectivity index (χ3n) is 3.51. The number of hydrogen-bond acceptors (Lipinski definition) is 2. The normalized spacial score (nSPS) is 10.7. The SMILES string of the molecule is Cc1ccc(-n2c(CCc3ccccc3)n[nH]c2=S)cc1. The van der Waals surface area contributed by atoms with Gasteiger partial charge >= 0.3 is 0 Å². The first-order chi connectivity index (χ1) is 10.2. The van der Waals surface area contributed by atoms with Gasteiger partial charge in [-0.05, 0) is 43.3 Å². The van der Waals surface area contributed by atoms with Gasteiger partial charge < -0.3 is 0 Å². The lowest BCUT2D eigenvalue weighted by Gasteiger charge is -2.07. The number of nitrogens with one attached hydrogen (secondary N) is 1. The average molecular weight is 295 g/mol. The van der Waals surface area contributed by atoms with E-state index in [1.54, 1.807) is 0 Å². The van der Waals surface area contributed by atoms with Crippen LogP contribution in [0.4, 0.5) is 0 Å². The number of aryl methyl sites for hydroxylation is 3. The topological polar surface area (TPSA) is 33.6 Å². The maximum atomic E-state index is 5.36.